The van der Waals surface area contributed by atoms with E-state index in [0.717, 1.165) is 19.3 Å². The zero-order valence-corrected chi connectivity index (χ0v) is 15.5. The van der Waals surface area contributed by atoms with Crippen molar-refractivity contribution in [3.05, 3.63) is 47.3 Å². The number of allylic oxidation sites excluding steroid dienone is 2. The summed E-state index contributed by atoms with van der Waals surface area (Å²) >= 11 is 0. The van der Waals surface area contributed by atoms with Crippen LogP contribution in [0.15, 0.2) is 36.2 Å². The predicted octanol–water partition coefficient (Wildman–Crippen LogP) is 5.90. The van der Waals surface area contributed by atoms with Gasteiger partial charge in [-0.2, -0.15) is 9.65 Å². The Hall–Kier alpha value is -2.15. The molecular weight excluding hydrogens is 329 g/mol. The SMILES string of the molecule is CCCCCCc1ccc(C(=O)OC2CCC(C=C(F)C#N)CC2)cc1. The lowest BCUT2D eigenvalue weighted by atomic mass is 9.87. The van der Waals surface area contributed by atoms with Crippen molar-refractivity contribution in [2.45, 2.75) is 70.8 Å². The Labute approximate surface area is 155 Å². The number of nitriles is 1. The maximum Gasteiger partial charge on any atom is 0.338 e. The lowest BCUT2D eigenvalue weighted by molar-refractivity contribution is 0.0184. The Bertz CT molecular complexity index is 637. The van der Waals surface area contributed by atoms with Gasteiger partial charge >= 0.3 is 5.97 Å². The molecule has 0 N–H and O–H groups in total. The molecule has 0 saturated heterocycles. The van der Waals surface area contributed by atoms with Crippen molar-refractivity contribution in [1.82, 2.24) is 0 Å². The summed E-state index contributed by atoms with van der Waals surface area (Å²) < 4.78 is 18.6. The molecule has 0 aromatic heterocycles. The summed E-state index contributed by atoms with van der Waals surface area (Å²) in [6, 6.07) is 9.21. The van der Waals surface area contributed by atoms with E-state index in [9.17, 15) is 9.18 Å². The quantitative estimate of drug-likeness (QED) is 0.330. The third-order valence-electron chi connectivity index (χ3n) is 4.99. The molecule has 0 radical (unpaired) electrons. The molecule has 2 rings (SSSR count). The fraction of sp³-hybridized carbons (Fsp3) is 0.545. The Morgan fingerprint density at radius 3 is 2.50 bits per heavy atom. The van der Waals surface area contributed by atoms with E-state index in [1.807, 2.05) is 24.3 Å². The number of rotatable bonds is 8. The highest BCUT2D eigenvalue weighted by Gasteiger charge is 2.23. The van der Waals surface area contributed by atoms with E-state index in [2.05, 4.69) is 6.92 Å². The number of benzene rings is 1. The van der Waals surface area contributed by atoms with Crippen LogP contribution in [-0.2, 0) is 11.2 Å². The number of esters is 1. The first-order valence-corrected chi connectivity index (χ1v) is 9.69. The molecule has 26 heavy (non-hydrogen) atoms. The summed E-state index contributed by atoms with van der Waals surface area (Å²) in [5.41, 5.74) is 1.84. The van der Waals surface area contributed by atoms with Gasteiger partial charge in [-0.15, -0.1) is 0 Å². The molecule has 0 unspecified atom stereocenters. The number of ether oxygens (including phenoxy) is 1. The van der Waals surface area contributed by atoms with Crippen molar-refractivity contribution < 1.29 is 13.9 Å². The Morgan fingerprint density at radius 2 is 1.88 bits per heavy atom. The van der Waals surface area contributed by atoms with Crippen molar-refractivity contribution >= 4 is 5.97 Å². The van der Waals surface area contributed by atoms with E-state index in [4.69, 9.17) is 10.00 Å². The predicted molar refractivity (Wildman–Crippen MR) is 100 cm³/mol. The third-order valence-corrected chi connectivity index (χ3v) is 4.99. The molecule has 1 saturated carbocycles. The molecule has 1 fully saturated rings. The summed E-state index contributed by atoms with van der Waals surface area (Å²) in [7, 11) is 0. The van der Waals surface area contributed by atoms with E-state index in [0.29, 0.717) is 18.4 Å². The first-order chi connectivity index (χ1) is 12.6. The van der Waals surface area contributed by atoms with Crippen LogP contribution in [-0.4, -0.2) is 12.1 Å². The topological polar surface area (TPSA) is 50.1 Å². The number of unbranched alkanes of at least 4 members (excludes halogenated alkanes) is 3. The van der Waals surface area contributed by atoms with Gasteiger partial charge in [-0.3, -0.25) is 0 Å². The largest absolute Gasteiger partial charge is 0.459 e. The van der Waals surface area contributed by atoms with Gasteiger partial charge in [-0.25, -0.2) is 4.79 Å². The molecule has 1 aliphatic carbocycles. The molecule has 0 spiro atoms. The lowest BCUT2D eigenvalue weighted by Gasteiger charge is -2.26. The summed E-state index contributed by atoms with van der Waals surface area (Å²) in [6.45, 7) is 2.20. The van der Waals surface area contributed by atoms with Crippen LogP contribution >= 0.6 is 0 Å². The minimum Gasteiger partial charge on any atom is -0.459 e. The fourth-order valence-corrected chi connectivity index (χ4v) is 3.40. The van der Waals surface area contributed by atoms with Crippen LogP contribution < -0.4 is 0 Å². The second-order valence-corrected chi connectivity index (χ2v) is 7.08. The summed E-state index contributed by atoms with van der Waals surface area (Å²) in [5.74, 6) is -0.943. The van der Waals surface area contributed by atoms with E-state index < -0.39 is 5.83 Å². The minimum absolute atomic E-state index is 0.0663. The number of nitrogens with zero attached hydrogens (tertiary/aromatic N) is 1. The Balaban J connectivity index is 1.77. The molecule has 4 heteroatoms. The molecule has 1 aromatic carbocycles. The van der Waals surface area contributed by atoms with E-state index in [1.165, 1.54) is 43.4 Å². The van der Waals surface area contributed by atoms with Gasteiger partial charge in [-0.05, 0) is 68.2 Å². The number of carbonyl (C=O) groups excluding carboxylic acids is 1. The molecule has 1 aromatic rings. The molecule has 0 aliphatic heterocycles. The molecular formula is C22H28FNO2. The normalized spacial score (nSPS) is 20.4. The zero-order valence-electron chi connectivity index (χ0n) is 15.5. The first-order valence-electron chi connectivity index (χ1n) is 9.69. The fourth-order valence-electron chi connectivity index (χ4n) is 3.40. The van der Waals surface area contributed by atoms with Crippen molar-refractivity contribution in [3.63, 3.8) is 0 Å². The van der Waals surface area contributed by atoms with Crippen molar-refractivity contribution in [2.75, 3.05) is 0 Å². The smallest absolute Gasteiger partial charge is 0.338 e. The maximum atomic E-state index is 13.0. The molecule has 140 valence electrons. The highest BCUT2D eigenvalue weighted by Crippen LogP contribution is 2.28. The van der Waals surface area contributed by atoms with Crippen LogP contribution in [0, 0.1) is 17.2 Å². The minimum atomic E-state index is -0.722. The molecule has 1 aliphatic rings. The molecule has 0 atom stereocenters. The van der Waals surface area contributed by atoms with Gasteiger partial charge in [0.05, 0.1) is 5.56 Å². The number of halogens is 1. The molecule has 0 bridgehead atoms. The Morgan fingerprint density at radius 1 is 1.19 bits per heavy atom. The van der Waals surface area contributed by atoms with E-state index >= 15 is 0 Å². The van der Waals surface area contributed by atoms with Gasteiger partial charge in [0.1, 0.15) is 12.2 Å². The maximum absolute atomic E-state index is 13.0. The van der Waals surface area contributed by atoms with Crippen LogP contribution in [0.5, 0.6) is 0 Å². The average molecular weight is 357 g/mol. The Kier molecular flexibility index (Phi) is 8.34. The number of hydrogen-bond acceptors (Lipinski definition) is 3. The van der Waals surface area contributed by atoms with Crippen LogP contribution in [0.4, 0.5) is 4.39 Å². The van der Waals surface area contributed by atoms with Crippen molar-refractivity contribution in [3.8, 4) is 6.07 Å². The molecule has 3 nitrogen and oxygen atoms in total. The summed E-state index contributed by atoms with van der Waals surface area (Å²) in [4.78, 5) is 12.3. The number of hydrogen-bond donors (Lipinski definition) is 0. The van der Waals surface area contributed by atoms with Gasteiger partial charge in [0.25, 0.3) is 0 Å². The summed E-state index contributed by atoms with van der Waals surface area (Å²) in [5, 5.41) is 8.49. The van der Waals surface area contributed by atoms with Gasteiger partial charge in [0, 0.05) is 0 Å². The van der Waals surface area contributed by atoms with Crippen LogP contribution in [0.3, 0.4) is 0 Å². The average Bonchev–Trinajstić information content (AvgIpc) is 2.67. The first kappa shape index (κ1) is 20.2. The van der Waals surface area contributed by atoms with Crippen molar-refractivity contribution in [1.29, 1.82) is 5.26 Å². The van der Waals surface area contributed by atoms with Gasteiger partial charge in [-0.1, -0.05) is 38.3 Å². The highest BCUT2D eigenvalue weighted by molar-refractivity contribution is 5.89. The lowest BCUT2D eigenvalue weighted by Crippen LogP contribution is -2.24. The van der Waals surface area contributed by atoms with Crippen molar-refractivity contribution in [2.24, 2.45) is 5.92 Å². The number of aryl methyl sites for hydroxylation is 1. The van der Waals surface area contributed by atoms with Crippen LogP contribution in [0.2, 0.25) is 0 Å². The van der Waals surface area contributed by atoms with E-state index in [-0.39, 0.29) is 18.0 Å². The zero-order chi connectivity index (χ0) is 18.8. The molecule has 0 amide bonds. The highest BCUT2D eigenvalue weighted by atomic mass is 19.1. The summed E-state index contributed by atoms with van der Waals surface area (Å²) in [6.07, 6.45) is 10.1. The van der Waals surface area contributed by atoms with Gasteiger partial charge in [0.2, 0.25) is 0 Å². The monoisotopic (exact) mass is 357 g/mol. The number of carbonyl (C=O) groups is 1. The molecule has 0 heterocycles. The third kappa shape index (κ3) is 6.63. The standard InChI is InChI=1S/C22H28FNO2/c1-2-3-4-5-6-17-7-11-19(12-8-17)22(25)26-21-13-9-18(10-14-21)15-20(23)16-24/h7-8,11-12,15,18,21H,2-6,9-10,13-14H2,1H3. The van der Waals surface area contributed by atoms with E-state index in [1.54, 1.807) is 0 Å². The van der Waals surface area contributed by atoms with Crippen LogP contribution in [0.25, 0.3) is 0 Å². The van der Waals surface area contributed by atoms with Gasteiger partial charge < -0.3 is 4.74 Å². The second-order valence-electron chi connectivity index (χ2n) is 7.08. The van der Waals surface area contributed by atoms with Gasteiger partial charge in [0.15, 0.2) is 5.83 Å². The second kappa shape index (κ2) is 10.8. The van der Waals surface area contributed by atoms with Crippen LogP contribution in [0.1, 0.15) is 74.2 Å².